The van der Waals surface area contributed by atoms with Gasteiger partial charge in [-0.15, -0.1) is 0 Å². The standard InChI is InChI=1S/C17H32N2O3S/c1-17(2,3)22-16(21)19-14(12-23)15(20)18-13-10-8-6-4-5-7-9-11-13/h13-14,23H,4-12H2,1-3H3,(H,18,20)(H,19,21). The molecule has 0 aromatic rings. The van der Waals surface area contributed by atoms with Gasteiger partial charge in [0.05, 0.1) is 0 Å². The minimum absolute atomic E-state index is 0.171. The van der Waals surface area contributed by atoms with Gasteiger partial charge in [-0.05, 0) is 33.6 Å². The topological polar surface area (TPSA) is 67.4 Å². The second-order valence-corrected chi connectivity index (χ2v) is 7.65. The summed E-state index contributed by atoms with van der Waals surface area (Å²) in [5.74, 6) is 0.0766. The van der Waals surface area contributed by atoms with Crippen LogP contribution in [0.1, 0.15) is 72.1 Å². The van der Waals surface area contributed by atoms with E-state index in [0.717, 1.165) is 25.7 Å². The van der Waals surface area contributed by atoms with Gasteiger partial charge >= 0.3 is 6.09 Å². The highest BCUT2D eigenvalue weighted by atomic mass is 32.1. The Balaban J connectivity index is 2.49. The number of rotatable bonds is 4. The summed E-state index contributed by atoms with van der Waals surface area (Å²) in [6, 6.07) is -0.468. The molecule has 1 fully saturated rings. The van der Waals surface area contributed by atoms with Crippen molar-refractivity contribution < 1.29 is 14.3 Å². The van der Waals surface area contributed by atoms with Crippen LogP contribution in [0.15, 0.2) is 0 Å². The third-order valence-electron chi connectivity index (χ3n) is 3.89. The van der Waals surface area contributed by atoms with Gasteiger partial charge in [-0.1, -0.05) is 38.5 Å². The van der Waals surface area contributed by atoms with Crippen molar-refractivity contribution in [1.29, 1.82) is 0 Å². The summed E-state index contributed by atoms with van der Waals surface area (Å²) >= 11 is 4.18. The van der Waals surface area contributed by atoms with E-state index in [-0.39, 0.29) is 17.7 Å². The Bertz CT molecular complexity index is 373. The van der Waals surface area contributed by atoms with Crippen LogP contribution in [-0.4, -0.2) is 35.4 Å². The molecule has 1 unspecified atom stereocenters. The van der Waals surface area contributed by atoms with Gasteiger partial charge in [0.15, 0.2) is 0 Å². The van der Waals surface area contributed by atoms with E-state index in [1.807, 2.05) is 0 Å². The van der Waals surface area contributed by atoms with Crippen LogP contribution in [0.5, 0.6) is 0 Å². The summed E-state index contributed by atoms with van der Waals surface area (Å²) in [6.45, 7) is 5.37. The fourth-order valence-corrected chi connectivity index (χ4v) is 2.98. The Morgan fingerprint density at radius 3 is 2.09 bits per heavy atom. The zero-order valence-electron chi connectivity index (χ0n) is 14.7. The number of carbonyl (C=O) groups excluding carboxylic acids is 2. The zero-order chi connectivity index (χ0) is 17.3. The van der Waals surface area contributed by atoms with E-state index in [2.05, 4.69) is 23.3 Å². The van der Waals surface area contributed by atoms with Gasteiger partial charge in [0.25, 0.3) is 0 Å². The predicted octanol–water partition coefficient (Wildman–Crippen LogP) is 3.43. The summed E-state index contributed by atoms with van der Waals surface area (Å²) in [6.07, 6.45) is 8.79. The minimum Gasteiger partial charge on any atom is -0.444 e. The lowest BCUT2D eigenvalue weighted by Crippen LogP contribution is -2.51. The van der Waals surface area contributed by atoms with Gasteiger partial charge < -0.3 is 15.4 Å². The van der Waals surface area contributed by atoms with Crippen molar-refractivity contribution in [3.63, 3.8) is 0 Å². The fourth-order valence-electron chi connectivity index (χ4n) is 2.72. The van der Waals surface area contributed by atoms with Crippen LogP contribution in [0.3, 0.4) is 0 Å². The molecule has 2 N–H and O–H groups in total. The van der Waals surface area contributed by atoms with Crippen LogP contribution in [-0.2, 0) is 9.53 Å². The monoisotopic (exact) mass is 344 g/mol. The van der Waals surface area contributed by atoms with E-state index in [9.17, 15) is 9.59 Å². The highest BCUT2D eigenvalue weighted by molar-refractivity contribution is 7.80. The van der Waals surface area contributed by atoms with Crippen molar-refractivity contribution in [1.82, 2.24) is 10.6 Å². The summed E-state index contributed by atoms with van der Waals surface area (Å²) in [5.41, 5.74) is -0.584. The van der Waals surface area contributed by atoms with Crippen molar-refractivity contribution >= 4 is 24.6 Å². The first kappa shape index (κ1) is 20.1. The van der Waals surface area contributed by atoms with E-state index in [0.29, 0.717) is 0 Å². The molecule has 0 heterocycles. The summed E-state index contributed by atoms with van der Waals surface area (Å²) in [4.78, 5) is 24.2. The molecular weight excluding hydrogens is 312 g/mol. The van der Waals surface area contributed by atoms with Crippen molar-refractivity contribution in [3.05, 3.63) is 0 Å². The zero-order valence-corrected chi connectivity index (χ0v) is 15.6. The lowest BCUT2D eigenvalue weighted by atomic mass is 10.0. The molecule has 23 heavy (non-hydrogen) atoms. The van der Waals surface area contributed by atoms with Gasteiger partial charge in [0, 0.05) is 11.8 Å². The SMILES string of the molecule is CC(C)(C)OC(=O)NC(CS)C(=O)NC1CCCCCCCC1. The third-order valence-corrected chi connectivity index (χ3v) is 4.26. The van der Waals surface area contributed by atoms with E-state index < -0.39 is 17.7 Å². The van der Waals surface area contributed by atoms with E-state index >= 15 is 0 Å². The molecule has 0 saturated heterocycles. The maximum absolute atomic E-state index is 12.4. The van der Waals surface area contributed by atoms with Crippen LogP contribution in [0.2, 0.25) is 0 Å². The fraction of sp³-hybridized carbons (Fsp3) is 0.882. The molecule has 1 saturated carbocycles. The van der Waals surface area contributed by atoms with Crippen LogP contribution >= 0.6 is 12.6 Å². The Labute approximate surface area is 145 Å². The summed E-state index contributed by atoms with van der Waals surface area (Å²) in [5, 5.41) is 5.68. The predicted molar refractivity (Wildman–Crippen MR) is 95.9 cm³/mol. The molecule has 1 aliphatic rings. The lowest BCUT2D eigenvalue weighted by Gasteiger charge is -2.24. The maximum Gasteiger partial charge on any atom is 0.408 e. The number of hydrogen-bond donors (Lipinski definition) is 3. The van der Waals surface area contributed by atoms with E-state index in [1.165, 1.54) is 25.7 Å². The minimum atomic E-state index is -0.666. The summed E-state index contributed by atoms with van der Waals surface area (Å²) < 4.78 is 5.20. The highest BCUT2D eigenvalue weighted by Crippen LogP contribution is 2.17. The van der Waals surface area contributed by atoms with Crippen LogP contribution in [0.25, 0.3) is 0 Å². The largest absolute Gasteiger partial charge is 0.444 e. The number of ether oxygens (including phenoxy) is 1. The van der Waals surface area contributed by atoms with Crippen molar-refractivity contribution in [2.75, 3.05) is 5.75 Å². The van der Waals surface area contributed by atoms with Gasteiger partial charge in [-0.2, -0.15) is 12.6 Å². The molecule has 1 aliphatic carbocycles. The van der Waals surface area contributed by atoms with Crippen molar-refractivity contribution in [2.24, 2.45) is 0 Å². The molecule has 0 aromatic heterocycles. The lowest BCUT2D eigenvalue weighted by molar-refractivity contribution is -0.123. The molecule has 1 atom stereocenters. The number of amides is 2. The van der Waals surface area contributed by atoms with Crippen LogP contribution in [0, 0.1) is 0 Å². The molecule has 0 radical (unpaired) electrons. The maximum atomic E-state index is 12.4. The van der Waals surface area contributed by atoms with E-state index in [1.54, 1.807) is 20.8 Å². The van der Waals surface area contributed by atoms with Crippen molar-refractivity contribution in [3.8, 4) is 0 Å². The number of nitrogens with one attached hydrogen (secondary N) is 2. The first-order chi connectivity index (χ1) is 10.8. The first-order valence-corrected chi connectivity index (χ1v) is 9.36. The molecule has 0 aromatic carbocycles. The number of hydrogen-bond acceptors (Lipinski definition) is 4. The molecule has 2 amide bonds. The van der Waals surface area contributed by atoms with Crippen molar-refractivity contribution in [2.45, 2.75) is 89.8 Å². The smallest absolute Gasteiger partial charge is 0.408 e. The van der Waals surface area contributed by atoms with Crippen LogP contribution < -0.4 is 10.6 Å². The van der Waals surface area contributed by atoms with Crippen LogP contribution in [0.4, 0.5) is 4.79 Å². The quantitative estimate of drug-likeness (QED) is 0.685. The third kappa shape index (κ3) is 9.08. The Morgan fingerprint density at radius 2 is 1.61 bits per heavy atom. The number of alkyl carbamates (subject to hydrolysis) is 1. The Hall–Kier alpha value is -0.910. The van der Waals surface area contributed by atoms with Gasteiger partial charge in [0.2, 0.25) is 5.91 Å². The molecule has 0 spiro atoms. The van der Waals surface area contributed by atoms with Gasteiger partial charge in [0.1, 0.15) is 11.6 Å². The molecule has 134 valence electrons. The molecule has 5 nitrogen and oxygen atoms in total. The Morgan fingerprint density at radius 1 is 1.09 bits per heavy atom. The number of carbonyl (C=O) groups is 2. The summed E-state index contributed by atoms with van der Waals surface area (Å²) in [7, 11) is 0. The molecule has 6 heteroatoms. The second kappa shape index (κ2) is 10.1. The molecule has 1 rings (SSSR count). The Kier molecular flexibility index (Phi) is 8.81. The first-order valence-electron chi connectivity index (χ1n) is 8.72. The highest BCUT2D eigenvalue weighted by Gasteiger charge is 2.25. The van der Waals surface area contributed by atoms with Gasteiger partial charge in [-0.25, -0.2) is 4.79 Å². The molecular formula is C17H32N2O3S. The normalized spacial score (nSPS) is 19.0. The van der Waals surface area contributed by atoms with E-state index in [4.69, 9.17) is 4.74 Å². The molecule has 0 bridgehead atoms. The second-order valence-electron chi connectivity index (χ2n) is 7.29. The average molecular weight is 345 g/mol. The molecule has 0 aliphatic heterocycles. The number of thiol groups is 1. The average Bonchev–Trinajstić information content (AvgIpc) is 2.56. The van der Waals surface area contributed by atoms with Gasteiger partial charge in [-0.3, -0.25) is 4.79 Å².